The van der Waals surface area contributed by atoms with Gasteiger partial charge in [-0.25, -0.2) is 0 Å². The van der Waals surface area contributed by atoms with Gasteiger partial charge < -0.3 is 5.11 Å². The van der Waals surface area contributed by atoms with E-state index in [1.807, 2.05) is 18.2 Å². The third kappa shape index (κ3) is 6.63. The monoisotopic (exact) mass is 288 g/mol. The van der Waals surface area contributed by atoms with Crippen LogP contribution in [0.15, 0.2) is 18.2 Å². The van der Waals surface area contributed by atoms with Crippen molar-refractivity contribution >= 4 is 23.2 Å². The molecule has 0 aromatic heterocycles. The molecule has 3 heteroatoms. The topological polar surface area (TPSA) is 20.2 Å². The zero-order chi connectivity index (χ0) is 13.2. The summed E-state index contributed by atoms with van der Waals surface area (Å²) in [6.07, 6.45) is 9.35. The van der Waals surface area contributed by atoms with Crippen LogP contribution in [0.2, 0.25) is 10.0 Å². The van der Waals surface area contributed by atoms with E-state index in [0.717, 1.165) is 24.3 Å². The molecule has 0 aliphatic heterocycles. The molecule has 0 amide bonds. The van der Waals surface area contributed by atoms with Gasteiger partial charge in [0.15, 0.2) is 0 Å². The van der Waals surface area contributed by atoms with E-state index >= 15 is 0 Å². The quantitative estimate of drug-likeness (QED) is 0.615. The van der Waals surface area contributed by atoms with E-state index in [2.05, 4.69) is 0 Å². The van der Waals surface area contributed by atoms with Gasteiger partial charge in [-0.15, -0.1) is 0 Å². The molecule has 18 heavy (non-hydrogen) atoms. The van der Waals surface area contributed by atoms with Crippen LogP contribution in [-0.2, 0) is 6.42 Å². The molecule has 1 aromatic rings. The highest BCUT2D eigenvalue weighted by Gasteiger charge is 2.01. The van der Waals surface area contributed by atoms with Gasteiger partial charge >= 0.3 is 0 Å². The zero-order valence-electron chi connectivity index (χ0n) is 10.8. The molecular formula is C15H22Cl2O. The van der Waals surface area contributed by atoms with Crippen LogP contribution in [0.25, 0.3) is 0 Å². The Bertz CT molecular complexity index is 339. The number of aliphatic hydroxyl groups excluding tert-OH is 1. The molecule has 1 rings (SSSR count). The molecule has 0 unspecified atom stereocenters. The fourth-order valence-electron chi connectivity index (χ4n) is 2.04. The highest BCUT2D eigenvalue weighted by molar-refractivity contribution is 6.35. The number of hydrogen-bond donors (Lipinski definition) is 1. The summed E-state index contributed by atoms with van der Waals surface area (Å²) < 4.78 is 0. The second-order valence-electron chi connectivity index (χ2n) is 4.68. The predicted octanol–water partition coefficient (Wildman–Crippen LogP) is 5.26. The number of benzene rings is 1. The lowest BCUT2D eigenvalue weighted by Gasteiger charge is -2.05. The predicted molar refractivity (Wildman–Crippen MR) is 79.6 cm³/mol. The van der Waals surface area contributed by atoms with Crippen LogP contribution in [-0.4, -0.2) is 11.7 Å². The Morgan fingerprint density at radius 3 is 2.06 bits per heavy atom. The summed E-state index contributed by atoms with van der Waals surface area (Å²) in [5.74, 6) is 0. The molecular weight excluding hydrogens is 267 g/mol. The standard InChI is InChI=1S/C15H22Cl2O/c16-14-10-9-13(15(17)12-14)8-6-4-2-1-3-5-7-11-18/h9-10,12,18H,1-8,11H2. The van der Waals surface area contributed by atoms with Crippen LogP contribution in [0.1, 0.15) is 50.5 Å². The summed E-state index contributed by atoms with van der Waals surface area (Å²) >= 11 is 12.0. The molecule has 0 aliphatic rings. The average Bonchev–Trinajstić information content (AvgIpc) is 2.35. The Balaban J connectivity index is 2.07. The minimum Gasteiger partial charge on any atom is -0.396 e. The lowest BCUT2D eigenvalue weighted by molar-refractivity contribution is 0.282. The van der Waals surface area contributed by atoms with E-state index in [0.29, 0.717) is 11.6 Å². The number of aryl methyl sites for hydroxylation is 1. The van der Waals surface area contributed by atoms with Gasteiger partial charge in [0.05, 0.1) is 0 Å². The van der Waals surface area contributed by atoms with E-state index in [9.17, 15) is 0 Å². The number of rotatable bonds is 9. The maximum atomic E-state index is 8.66. The van der Waals surface area contributed by atoms with Crippen molar-refractivity contribution in [2.45, 2.75) is 51.4 Å². The highest BCUT2D eigenvalue weighted by atomic mass is 35.5. The van der Waals surface area contributed by atoms with Gasteiger partial charge in [-0.3, -0.25) is 0 Å². The number of aliphatic hydroxyl groups is 1. The Labute approximate surface area is 120 Å². The van der Waals surface area contributed by atoms with Gasteiger partial charge in [-0.2, -0.15) is 0 Å². The fraction of sp³-hybridized carbons (Fsp3) is 0.600. The maximum Gasteiger partial charge on any atom is 0.0452 e. The van der Waals surface area contributed by atoms with Gasteiger partial charge in [-0.05, 0) is 37.0 Å². The smallest absolute Gasteiger partial charge is 0.0452 e. The van der Waals surface area contributed by atoms with E-state index in [1.54, 1.807) is 0 Å². The molecule has 0 aliphatic carbocycles. The largest absolute Gasteiger partial charge is 0.396 e. The van der Waals surface area contributed by atoms with E-state index < -0.39 is 0 Å². The van der Waals surface area contributed by atoms with Crippen LogP contribution >= 0.6 is 23.2 Å². The van der Waals surface area contributed by atoms with Crippen molar-refractivity contribution < 1.29 is 5.11 Å². The lowest BCUT2D eigenvalue weighted by atomic mass is 10.0. The van der Waals surface area contributed by atoms with Crippen molar-refractivity contribution in [3.05, 3.63) is 33.8 Å². The van der Waals surface area contributed by atoms with E-state index in [-0.39, 0.29) is 0 Å². The average molecular weight is 289 g/mol. The first-order valence-electron chi connectivity index (χ1n) is 6.79. The molecule has 0 saturated heterocycles. The Hall–Kier alpha value is -0.240. The molecule has 0 atom stereocenters. The molecule has 0 fully saturated rings. The van der Waals surface area contributed by atoms with Gasteiger partial charge in [-0.1, -0.05) is 61.4 Å². The molecule has 0 spiro atoms. The highest BCUT2D eigenvalue weighted by Crippen LogP contribution is 2.22. The second-order valence-corrected chi connectivity index (χ2v) is 5.53. The van der Waals surface area contributed by atoms with Crippen molar-refractivity contribution in [1.29, 1.82) is 0 Å². The fourth-order valence-corrected chi connectivity index (χ4v) is 2.54. The summed E-state index contributed by atoms with van der Waals surface area (Å²) in [5, 5.41) is 10.1. The minimum absolute atomic E-state index is 0.328. The van der Waals surface area contributed by atoms with Crippen LogP contribution in [0, 0.1) is 0 Å². The third-order valence-corrected chi connectivity index (χ3v) is 3.71. The zero-order valence-corrected chi connectivity index (χ0v) is 12.3. The molecule has 0 saturated carbocycles. The summed E-state index contributed by atoms with van der Waals surface area (Å²) in [5.41, 5.74) is 1.20. The van der Waals surface area contributed by atoms with Crippen molar-refractivity contribution in [2.75, 3.05) is 6.61 Å². The Morgan fingerprint density at radius 1 is 0.833 bits per heavy atom. The van der Waals surface area contributed by atoms with Gasteiger partial charge in [0, 0.05) is 16.7 Å². The van der Waals surface area contributed by atoms with Crippen molar-refractivity contribution in [3.63, 3.8) is 0 Å². The number of hydrogen-bond acceptors (Lipinski definition) is 1. The second kappa shape index (κ2) is 9.66. The Kier molecular flexibility index (Phi) is 8.49. The first-order valence-corrected chi connectivity index (χ1v) is 7.54. The maximum absolute atomic E-state index is 8.66. The van der Waals surface area contributed by atoms with Crippen LogP contribution < -0.4 is 0 Å². The molecule has 1 N–H and O–H groups in total. The first-order chi connectivity index (χ1) is 8.74. The molecule has 102 valence electrons. The minimum atomic E-state index is 0.328. The molecule has 0 radical (unpaired) electrons. The molecule has 0 bridgehead atoms. The summed E-state index contributed by atoms with van der Waals surface area (Å²) in [6.45, 7) is 0.328. The van der Waals surface area contributed by atoms with Crippen LogP contribution in [0.4, 0.5) is 0 Å². The lowest BCUT2D eigenvalue weighted by Crippen LogP contribution is -1.88. The van der Waals surface area contributed by atoms with Crippen LogP contribution in [0.5, 0.6) is 0 Å². The van der Waals surface area contributed by atoms with Crippen molar-refractivity contribution in [2.24, 2.45) is 0 Å². The molecule has 1 nitrogen and oxygen atoms in total. The first kappa shape index (κ1) is 15.8. The van der Waals surface area contributed by atoms with E-state index in [4.69, 9.17) is 28.3 Å². The number of unbranched alkanes of at least 4 members (excludes halogenated alkanes) is 6. The normalized spacial score (nSPS) is 10.8. The van der Waals surface area contributed by atoms with Crippen LogP contribution in [0.3, 0.4) is 0 Å². The van der Waals surface area contributed by atoms with Gasteiger partial charge in [0.25, 0.3) is 0 Å². The summed E-state index contributed by atoms with van der Waals surface area (Å²) in [6, 6.07) is 5.73. The molecule has 0 heterocycles. The SMILES string of the molecule is OCCCCCCCCCc1ccc(Cl)cc1Cl. The Morgan fingerprint density at radius 2 is 1.44 bits per heavy atom. The summed E-state index contributed by atoms with van der Waals surface area (Å²) in [7, 11) is 0. The van der Waals surface area contributed by atoms with Crippen molar-refractivity contribution in [1.82, 2.24) is 0 Å². The summed E-state index contributed by atoms with van der Waals surface area (Å²) in [4.78, 5) is 0. The number of halogens is 2. The van der Waals surface area contributed by atoms with Gasteiger partial charge in [0.1, 0.15) is 0 Å². The third-order valence-electron chi connectivity index (χ3n) is 3.12. The van der Waals surface area contributed by atoms with E-state index in [1.165, 1.54) is 37.7 Å². The van der Waals surface area contributed by atoms with Crippen molar-refractivity contribution in [3.8, 4) is 0 Å². The van der Waals surface area contributed by atoms with Gasteiger partial charge in [0.2, 0.25) is 0 Å². The molecule has 1 aromatic carbocycles.